The quantitative estimate of drug-likeness (QED) is 0.781. The Labute approximate surface area is 125 Å². The Kier molecular flexibility index (Phi) is 3.72. The number of nitrogens with zero attached hydrogens (tertiary/aromatic N) is 1. The SMILES string of the molecule is Cc1ccc(C)c(C(O)Cc2ccnc3ccccc23)c1. The molecule has 3 aromatic rings. The first-order valence-electron chi connectivity index (χ1n) is 7.23. The van der Waals surface area contributed by atoms with Crippen LogP contribution in [-0.4, -0.2) is 10.1 Å². The van der Waals surface area contributed by atoms with Gasteiger partial charge in [0, 0.05) is 18.0 Å². The smallest absolute Gasteiger partial charge is 0.0833 e. The van der Waals surface area contributed by atoms with E-state index in [1.54, 1.807) is 0 Å². The molecule has 0 spiro atoms. The summed E-state index contributed by atoms with van der Waals surface area (Å²) in [6.45, 7) is 4.10. The zero-order valence-electron chi connectivity index (χ0n) is 12.4. The molecule has 2 heteroatoms. The van der Waals surface area contributed by atoms with Gasteiger partial charge in [-0.3, -0.25) is 4.98 Å². The van der Waals surface area contributed by atoms with Crippen LogP contribution in [0.25, 0.3) is 10.9 Å². The molecule has 0 saturated carbocycles. The molecule has 3 rings (SSSR count). The molecule has 1 N–H and O–H groups in total. The minimum Gasteiger partial charge on any atom is -0.388 e. The van der Waals surface area contributed by atoms with Crippen molar-refractivity contribution in [3.05, 3.63) is 77.0 Å². The number of pyridine rings is 1. The predicted molar refractivity (Wildman–Crippen MR) is 86.3 cm³/mol. The fourth-order valence-electron chi connectivity index (χ4n) is 2.77. The molecule has 106 valence electrons. The van der Waals surface area contributed by atoms with E-state index >= 15 is 0 Å². The van der Waals surface area contributed by atoms with Crippen molar-refractivity contribution in [2.45, 2.75) is 26.4 Å². The van der Waals surface area contributed by atoms with Crippen molar-refractivity contribution in [2.75, 3.05) is 0 Å². The highest BCUT2D eigenvalue weighted by molar-refractivity contribution is 5.81. The van der Waals surface area contributed by atoms with Gasteiger partial charge in [0.25, 0.3) is 0 Å². The second-order valence-electron chi connectivity index (χ2n) is 5.57. The summed E-state index contributed by atoms with van der Waals surface area (Å²) >= 11 is 0. The topological polar surface area (TPSA) is 33.1 Å². The van der Waals surface area contributed by atoms with Gasteiger partial charge in [0.2, 0.25) is 0 Å². The molecule has 0 fully saturated rings. The molecule has 2 nitrogen and oxygen atoms in total. The van der Waals surface area contributed by atoms with E-state index < -0.39 is 6.10 Å². The van der Waals surface area contributed by atoms with E-state index in [4.69, 9.17) is 0 Å². The summed E-state index contributed by atoms with van der Waals surface area (Å²) in [4.78, 5) is 4.37. The van der Waals surface area contributed by atoms with Crippen molar-refractivity contribution in [2.24, 2.45) is 0 Å². The number of aryl methyl sites for hydroxylation is 2. The van der Waals surface area contributed by atoms with Crippen LogP contribution < -0.4 is 0 Å². The van der Waals surface area contributed by atoms with Crippen LogP contribution in [0, 0.1) is 13.8 Å². The third-order valence-corrected chi connectivity index (χ3v) is 3.95. The van der Waals surface area contributed by atoms with E-state index in [-0.39, 0.29) is 0 Å². The Hall–Kier alpha value is -2.19. The van der Waals surface area contributed by atoms with Gasteiger partial charge in [0.05, 0.1) is 11.6 Å². The van der Waals surface area contributed by atoms with E-state index in [0.717, 1.165) is 27.6 Å². The van der Waals surface area contributed by atoms with Gasteiger partial charge in [-0.15, -0.1) is 0 Å². The van der Waals surface area contributed by atoms with Crippen molar-refractivity contribution in [1.29, 1.82) is 0 Å². The molecule has 0 aliphatic carbocycles. The molecule has 2 aromatic carbocycles. The minimum absolute atomic E-state index is 0.490. The van der Waals surface area contributed by atoms with Crippen LogP contribution >= 0.6 is 0 Å². The maximum absolute atomic E-state index is 10.6. The summed E-state index contributed by atoms with van der Waals surface area (Å²) in [6.07, 6.45) is 1.93. The second kappa shape index (κ2) is 5.66. The molecule has 1 atom stereocenters. The molecule has 0 aliphatic rings. The lowest BCUT2D eigenvalue weighted by molar-refractivity contribution is 0.178. The van der Waals surface area contributed by atoms with Crippen LogP contribution in [0.3, 0.4) is 0 Å². The monoisotopic (exact) mass is 277 g/mol. The van der Waals surface area contributed by atoms with Crippen molar-refractivity contribution >= 4 is 10.9 Å². The fraction of sp³-hybridized carbons (Fsp3) is 0.211. The van der Waals surface area contributed by atoms with Crippen molar-refractivity contribution < 1.29 is 5.11 Å². The van der Waals surface area contributed by atoms with Gasteiger partial charge >= 0.3 is 0 Å². The molecule has 1 heterocycles. The molecule has 0 aliphatic heterocycles. The summed E-state index contributed by atoms with van der Waals surface area (Å²) < 4.78 is 0. The summed E-state index contributed by atoms with van der Waals surface area (Å²) in [5.41, 5.74) is 5.42. The second-order valence-corrected chi connectivity index (χ2v) is 5.57. The fourth-order valence-corrected chi connectivity index (χ4v) is 2.77. The number of hydrogen-bond donors (Lipinski definition) is 1. The highest BCUT2D eigenvalue weighted by Crippen LogP contribution is 2.26. The van der Waals surface area contributed by atoms with Gasteiger partial charge in [-0.1, -0.05) is 42.0 Å². The first-order valence-corrected chi connectivity index (χ1v) is 7.23. The largest absolute Gasteiger partial charge is 0.388 e. The average molecular weight is 277 g/mol. The zero-order chi connectivity index (χ0) is 14.8. The minimum atomic E-state index is -0.490. The number of rotatable bonds is 3. The van der Waals surface area contributed by atoms with Crippen LogP contribution in [0.2, 0.25) is 0 Å². The third kappa shape index (κ3) is 2.81. The Balaban J connectivity index is 1.96. The normalized spacial score (nSPS) is 12.5. The maximum Gasteiger partial charge on any atom is 0.0833 e. The van der Waals surface area contributed by atoms with Crippen LogP contribution in [0.5, 0.6) is 0 Å². The number of para-hydroxylation sites is 1. The molecule has 0 saturated heterocycles. The van der Waals surface area contributed by atoms with Crippen LogP contribution in [0.4, 0.5) is 0 Å². The van der Waals surface area contributed by atoms with Gasteiger partial charge in [0.1, 0.15) is 0 Å². The highest BCUT2D eigenvalue weighted by Gasteiger charge is 2.13. The molecule has 0 bridgehead atoms. The standard InChI is InChI=1S/C19H19NO/c1-13-7-8-14(2)17(11-13)19(21)12-15-9-10-20-18-6-4-3-5-16(15)18/h3-11,19,21H,12H2,1-2H3. The summed E-state index contributed by atoms with van der Waals surface area (Å²) in [6, 6.07) is 16.3. The molecule has 1 aromatic heterocycles. The number of aliphatic hydroxyl groups is 1. The number of hydrogen-bond acceptors (Lipinski definition) is 2. The number of fused-ring (bicyclic) bond motifs is 1. The first kappa shape index (κ1) is 13.8. The predicted octanol–water partition coefficient (Wildman–Crippen LogP) is 4.13. The Morgan fingerprint density at radius 2 is 1.86 bits per heavy atom. The number of aliphatic hydroxyl groups excluding tert-OH is 1. The van der Waals surface area contributed by atoms with E-state index in [0.29, 0.717) is 6.42 Å². The van der Waals surface area contributed by atoms with Crippen molar-refractivity contribution in [3.63, 3.8) is 0 Å². The summed E-state index contributed by atoms with van der Waals surface area (Å²) in [5.74, 6) is 0. The molecular weight excluding hydrogens is 258 g/mol. The van der Waals surface area contributed by atoms with E-state index in [9.17, 15) is 5.11 Å². The molecular formula is C19H19NO. The average Bonchev–Trinajstić information content (AvgIpc) is 2.50. The summed E-state index contributed by atoms with van der Waals surface area (Å²) in [5, 5.41) is 11.7. The molecule has 21 heavy (non-hydrogen) atoms. The Morgan fingerprint density at radius 1 is 1.05 bits per heavy atom. The van der Waals surface area contributed by atoms with Gasteiger partial charge in [-0.05, 0) is 42.7 Å². The maximum atomic E-state index is 10.6. The van der Waals surface area contributed by atoms with Crippen molar-refractivity contribution in [1.82, 2.24) is 4.98 Å². The van der Waals surface area contributed by atoms with Crippen LogP contribution in [0.15, 0.2) is 54.7 Å². The lowest BCUT2D eigenvalue weighted by Gasteiger charge is -2.15. The Bertz CT molecular complexity index is 774. The van der Waals surface area contributed by atoms with E-state index in [1.165, 1.54) is 5.56 Å². The summed E-state index contributed by atoms with van der Waals surface area (Å²) in [7, 11) is 0. The highest BCUT2D eigenvalue weighted by atomic mass is 16.3. The van der Waals surface area contributed by atoms with Gasteiger partial charge in [-0.2, -0.15) is 0 Å². The molecule has 1 unspecified atom stereocenters. The van der Waals surface area contributed by atoms with E-state index in [2.05, 4.69) is 36.2 Å². The lowest BCUT2D eigenvalue weighted by Crippen LogP contribution is -2.05. The van der Waals surface area contributed by atoms with Crippen molar-refractivity contribution in [3.8, 4) is 0 Å². The van der Waals surface area contributed by atoms with Gasteiger partial charge in [-0.25, -0.2) is 0 Å². The number of benzene rings is 2. The zero-order valence-corrected chi connectivity index (χ0v) is 12.4. The molecule has 0 radical (unpaired) electrons. The first-order chi connectivity index (χ1) is 10.1. The molecule has 0 amide bonds. The Morgan fingerprint density at radius 3 is 2.71 bits per heavy atom. The number of aromatic nitrogens is 1. The van der Waals surface area contributed by atoms with Gasteiger partial charge in [0.15, 0.2) is 0 Å². The van der Waals surface area contributed by atoms with E-state index in [1.807, 2.05) is 37.4 Å². The van der Waals surface area contributed by atoms with Crippen LogP contribution in [-0.2, 0) is 6.42 Å². The third-order valence-electron chi connectivity index (χ3n) is 3.95. The van der Waals surface area contributed by atoms with Gasteiger partial charge < -0.3 is 5.11 Å². The van der Waals surface area contributed by atoms with Crippen LogP contribution in [0.1, 0.15) is 28.4 Å². The lowest BCUT2D eigenvalue weighted by atomic mass is 9.95.